The highest BCUT2D eigenvalue weighted by Gasteiger charge is 2.25. The van der Waals surface area contributed by atoms with Gasteiger partial charge in [-0.2, -0.15) is 0 Å². The largest absolute Gasteiger partial charge is 0.544 e. The Kier molecular flexibility index (Phi) is 30.3. The van der Waals surface area contributed by atoms with E-state index in [1.807, 2.05) is 0 Å². The number of nitrogens with zero attached hydrogens (tertiary/aromatic N) is 1. The lowest BCUT2D eigenvalue weighted by Crippen LogP contribution is -2.55. The second-order valence-electron chi connectivity index (χ2n) is 13.4. The quantitative estimate of drug-likeness (QED) is 0.0305. The summed E-state index contributed by atoms with van der Waals surface area (Å²) in [5, 5.41) is 11.6. The SMILES string of the molecule is CC/C=C\C/C=C\C/C=C\C/C=C\CCCCC(=O)OC(COCCC(C(=O)[O-])[N+](C)(C)C)COC(=O)CCCCCCC/C=C\CCC. The average Bonchev–Trinajstić information content (AvgIpc) is 3.05. The van der Waals surface area contributed by atoms with Crippen LogP contribution in [0.15, 0.2) is 60.8 Å². The van der Waals surface area contributed by atoms with Gasteiger partial charge in [-0.3, -0.25) is 9.59 Å². The molecular weight excluding hydrogens is 618 g/mol. The van der Waals surface area contributed by atoms with Crippen LogP contribution in [0.2, 0.25) is 0 Å². The van der Waals surface area contributed by atoms with Crippen LogP contribution in [-0.2, 0) is 28.6 Å². The third kappa shape index (κ3) is 30.8. The minimum Gasteiger partial charge on any atom is -0.544 e. The predicted octanol–water partition coefficient (Wildman–Crippen LogP) is 8.13. The molecule has 0 aromatic heterocycles. The minimum atomic E-state index is -1.14. The van der Waals surface area contributed by atoms with Crippen molar-refractivity contribution in [2.75, 3.05) is 41.0 Å². The zero-order chi connectivity index (χ0) is 36.4. The summed E-state index contributed by atoms with van der Waals surface area (Å²) in [6.07, 6.45) is 36.8. The van der Waals surface area contributed by atoms with Gasteiger partial charge in [-0.1, -0.05) is 100 Å². The predicted molar refractivity (Wildman–Crippen MR) is 199 cm³/mol. The maximum absolute atomic E-state index is 12.6. The zero-order valence-electron chi connectivity index (χ0n) is 31.6. The van der Waals surface area contributed by atoms with E-state index in [1.165, 1.54) is 12.8 Å². The number of carboxylic acid groups (broad SMARTS) is 1. The van der Waals surface area contributed by atoms with Gasteiger partial charge >= 0.3 is 11.9 Å². The van der Waals surface area contributed by atoms with Crippen LogP contribution in [0.4, 0.5) is 0 Å². The molecular formula is C41H69NO7. The Labute approximate surface area is 298 Å². The molecule has 0 amide bonds. The number of unbranched alkanes of at least 4 members (excludes halogenated alkanes) is 8. The second kappa shape index (κ2) is 32.2. The van der Waals surface area contributed by atoms with Crippen LogP contribution >= 0.6 is 0 Å². The van der Waals surface area contributed by atoms with Crippen molar-refractivity contribution in [2.45, 2.75) is 142 Å². The molecule has 0 N–H and O–H groups in total. The average molecular weight is 688 g/mol. The first-order valence-electron chi connectivity index (χ1n) is 18.8. The fourth-order valence-electron chi connectivity index (χ4n) is 4.94. The number of hydrogen-bond donors (Lipinski definition) is 0. The number of likely N-dealkylation sites (N-methyl/N-ethyl adjacent to an activating group) is 1. The molecule has 0 aliphatic heterocycles. The Hall–Kier alpha value is -2.97. The number of rotatable bonds is 32. The van der Waals surface area contributed by atoms with Crippen molar-refractivity contribution in [2.24, 2.45) is 0 Å². The molecule has 0 aromatic rings. The summed E-state index contributed by atoms with van der Waals surface area (Å²) in [6, 6.07) is -0.735. The summed E-state index contributed by atoms with van der Waals surface area (Å²) in [7, 11) is 5.37. The van der Waals surface area contributed by atoms with Crippen LogP contribution in [0, 0.1) is 0 Å². The van der Waals surface area contributed by atoms with Crippen LogP contribution < -0.4 is 5.11 Å². The summed E-state index contributed by atoms with van der Waals surface area (Å²) in [6.45, 7) is 4.40. The zero-order valence-corrected chi connectivity index (χ0v) is 31.6. The summed E-state index contributed by atoms with van der Waals surface area (Å²) >= 11 is 0. The molecule has 8 nitrogen and oxygen atoms in total. The lowest BCUT2D eigenvalue weighted by molar-refractivity contribution is -0.889. The topological polar surface area (TPSA) is 102 Å². The van der Waals surface area contributed by atoms with Crippen molar-refractivity contribution in [3.63, 3.8) is 0 Å². The molecule has 0 heterocycles. The number of carboxylic acids is 1. The maximum Gasteiger partial charge on any atom is 0.306 e. The molecule has 0 fully saturated rings. The van der Waals surface area contributed by atoms with Crippen molar-refractivity contribution < 1.29 is 38.2 Å². The monoisotopic (exact) mass is 688 g/mol. The molecule has 0 saturated carbocycles. The molecule has 0 rings (SSSR count). The maximum atomic E-state index is 12.6. The van der Waals surface area contributed by atoms with Crippen molar-refractivity contribution in [3.8, 4) is 0 Å². The van der Waals surface area contributed by atoms with E-state index in [1.54, 1.807) is 21.1 Å². The molecule has 49 heavy (non-hydrogen) atoms. The smallest absolute Gasteiger partial charge is 0.306 e. The lowest BCUT2D eigenvalue weighted by Gasteiger charge is -2.34. The molecule has 0 aliphatic carbocycles. The normalized spacial score (nSPS) is 13.7. The van der Waals surface area contributed by atoms with E-state index >= 15 is 0 Å². The number of quaternary nitrogens is 1. The van der Waals surface area contributed by atoms with Gasteiger partial charge < -0.3 is 28.6 Å². The van der Waals surface area contributed by atoms with E-state index in [0.29, 0.717) is 12.8 Å². The van der Waals surface area contributed by atoms with Crippen molar-refractivity contribution in [1.82, 2.24) is 0 Å². The van der Waals surface area contributed by atoms with E-state index in [9.17, 15) is 19.5 Å². The van der Waals surface area contributed by atoms with Gasteiger partial charge in [0.2, 0.25) is 0 Å². The highest BCUT2D eigenvalue weighted by atomic mass is 16.6. The lowest BCUT2D eigenvalue weighted by atomic mass is 10.1. The van der Waals surface area contributed by atoms with Gasteiger partial charge in [-0.05, 0) is 70.6 Å². The fourth-order valence-corrected chi connectivity index (χ4v) is 4.94. The van der Waals surface area contributed by atoms with Gasteiger partial charge in [0, 0.05) is 19.3 Å². The third-order valence-corrected chi connectivity index (χ3v) is 7.87. The first-order valence-corrected chi connectivity index (χ1v) is 18.8. The second-order valence-corrected chi connectivity index (χ2v) is 13.4. The van der Waals surface area contributed by atoms with Crippen LogP contribution in [0.3, 0.4) is 0 Å². The van der Waals surface area contributed by atoms with E-state index < -0.39 is 18.1 Å². The van der Waals surface area contributed by atoms with Gasteiger partial charge in [0.15, 0.2) is 6.10 Å². The van der Waals surface area contributed by atoms with Crippen LogP contribution in [0.1, 0.15) is 129 Å². The molecule has 0 aliphatic rings. The number of esters is 2. The molecule has 280 valence electrons. The Morgan fingerprint density at radius 3 is 1.76 bits per heavy atom. The molecule has 0 aromatic carbocycles. The van der Waals surface area contributed by atoms with E-state index in [2.05, 4.69) is 74.6 Å². The summed E-state index contributed by atoms with van der Waals surface area (Å²) < 4.78 is 17.0. The van der Waals surface area contributed by atoms with E-state index in [0.717, 1.165) is 77.0 Å². The van der Waals surface area contributed by atoms with Gasteiger partial charge in [-0.25, -0.2) is 0 Å². The van der Waals surface area contributed by atoms with Crippen molar-refractivity contribution in [3.05, 3.63) is 60.8 Å². The molecule has 0 spiro atoms. The Bertz CT molecular complexity index is 990. The Morgan fingerprint density at radius 2 is 1.14 bits per heavy atom. The Balaban J connectivity index is 4.53. The molecule has 0 bridgehead atoms. The number of carbonyl (C=O) groups is 3. The highest BCUT2D eigenvalue weighted by molar-refractivity contribution is 5.70. The summed E-state index contributed by atoms with van der Waals surface area (Å²) in [5.74, 6) is -1.82. The highest BCUT2D eigenvalue weighted by Crippen LogP contribution is 2.11. The van der Waals surface area contributed by atoms with Gasteiger partial charge in [0.05, 0.1) is 40.3 Å². The first kappa shape index (κ1) is 46.0. The summed E-state index contributed by atoms with van der Waals surface area (Å²) in [4.78, 5) is 36.6. The number of hydrogen-bond acceptors (Lipinski definition) is 7. The van der Waals surface area contributed by atoms with Crippen molar-refractivity contribution >= 4 is 17.9 Å². The molecule has 8 heteroatoms. The number of carbonyl (C=O) groups excluding carboxylic acids is 3. The van der Waals surface area contributed by atoms with Crippen LogP contribution in [-0.4, -0.2) is 75.5 Å². The number of ether oxygens (including phenoxy) is 3. The van der Waals surface area contributed by atoms with E-state index in [4.69, 9.17) is 14.2 Å². The first-order chi connectivity index (χ1) is 23.6. The van der Waals surface area contributed by atoms with Gasteiger partial charge in [0.25, 0.3) is 0 Å². The van der Waals surface area contributed by atoms with Gasteiger partial charge in [0.1, 0.15) is 12.6 Å². The van der Waals surface area contributed by atoms with Crippen LogP contribution in [0.5, 0.6) is 0 Å². The molecule has 0 saturated heterocycles. The number of aliphatic carboxylic acids is 1. The van der Waals surface area contributed by atoms with Gasteiger partial charge in [-0.15, -0.1) is 0 Å². The molecule has 0 radical (unpaired) electrons. The van der Waals surface area contributed by atoms with Crippen LogP contribution in [0.25, 0.3) is 0 Å². The van der Waals surface area contributed by atoms with E-state index in [-0.39, 0.29) is 49.1 Å². The molecule has 2 unspecified atom stereocenters. The third-order valence-electron chi connectivity index (χ3n) is 7.87. The summed E-state index contributed by atoms with van der Waals surface area (Å²) in [5.41, 5.74) is 0. The number of allylic oxidation sites excluding steroid dienone is 10. The Morgan fingerprint density at radius 1 is 0.633 bits per heavy atom. The molecule has 2 atom stereocenters. The van der Waals surface area contributed by atoms with Crippen molar-refractivity contribution in [1.29, 1.82) is 0 Å². The standard InChI is InChI=1S/C41H69NO7/c1-6-8-10-12-14-16-18-19-20-21-22-24-26-28-30-32-40(44)49-37(35-47-34-33-38(41(45)46)42(3,4)5)36-48-39(43)31-29-27-25-23-17-15-13-11-9-7-2/h8,10-11,13-14,16,19-20,22,24,37-38H,6-7,9,12,15,17-18,21,23,25-36H2,1-5H3/b10-8-,13-11-,16-14-,20-19-,24-22-. The minimum absolute atomic E-state index is 0.0184. The fraction of sp³-hybridized carbons (Fsp3) is 0.683.